The topological polar surface area (TPSA) is 104 Å². The van der Waals surface area contributed by atoms with Gasteiger partial charge in [-0.25, -0.2) is 8.42 Å². The number of rotatable bonds is 9. The summed E-state index contributed by atoms with van der Waals surface area (Å²) in [7, 11) is -3.87. The summed E-state index contributed by atoms with van der Waals surface area (Å²) in [6.45, 7) is 8.09. The highest BCUT2D eigenvalue weighted by atomic mass is 79.9. The van der Waals surface area contributed by atoms with Gasteiger partial charge in [0.1, 0.15) is 12.6 Å². The van der Waals surface area contributed by atoms with Crippen molar-refractivity contribution in [1.29, 1.82) is 0 Å². The van der Waals surface area contributed by atoms with Crippen LogP contribution in [0.3, 0.4) is 0 Å². The number of sulfonamides is 1. The fraction of sp³-hybridized carbons (Fsp3) is 0.400. The molecule has 35 heavy (non-hydrogen) atoms. The number of halogens is 1. The number of nitrogens with one attached hydrogen (secondary N) is 1. The minimum Gasteiger partial charge on any atom is -0.350 e. The van der Waals surface area contributed by atoms with E-state index in [4.69, 9.17) is 0 Å². The molecule has 0 saturated carbocycles. The molecule has 10 heteroatoms. The van der Waals surface area contributed by atoms with Crippen molar-refractivity contribution in [1.82, 2.24) is 10.2 Å². The number of carbonyl (C=O) groups excluding carboxylic acids is 3. The van der Waals surface area contributed by atoms with Gasteiger partial charge in [0.2, 0.25) is 21.8 Å². The molecule has 190 valence electrons. The van der Waals surface area contributed by atoms with Gasteiger partial charge >= 0.3 is 0 Å². The largest absolute Gasteiger partial charge is 0.350 e. The van der Waals surface area contributed by atoms with E-state index in [2.05, 4.69) is 21.2 Å². The summed E-state index contributed by atoms with van der Waals surface area (Å²) >= 11 is 3.38. The molecule has 0 spiro atoms. The van der Waals surface area contributed by atoms with E-state index >= 15 is 0 Å². The van der Waals surface area contributed by atoms with E-state index < -0.39 is 34.1 Å². The molecule has 2 aromatic carbocycles. The molecule has 0 bridgehead atoms. The van der Waals surface area contributed by atoms with Gasteiger partial charge in [0.05, 0.1) is 11.9 Å². The summed E-state index contributed by atoms with van der Waals surface area (Å²) in [5, 5.41) is 2.87. The van der Waals surface area contributed by atoms with Crippen LogP contribution in [-0.4, -0.2) is 55.3 Å². The van der Waals surface area contributed by atoms with Gasteiger partial charge in [-0.1, -0.05) is 40.2 Å². The zero-order valence-electron chi connectivity index (χ0n) is 20.8. The molecule has 0 fully saturated rings. The zero-order chi connectivity index (χ0) is 26.6. The number of hydrogen-bond donors (Lipinski definition) is 1. The number of amides is 2. The monoisotopic (exact) mass is 565 g/mol. The Labute approximate surface area is 215 Å². The molecule has 8 nitrogen and oxygen atoms in total. The molecule has 0 saturated heterocycles. The lowest BCUT2D eigenvalue weighted by Gasteiger charge is -2.33. The third-order valence-electron chi connectivity index (χ3n) is 5.15. The van der Waals surface area contributed by atoms with Crippen LogP contribution in [0.1, 0.15) is 50.5 Å². The summed E-state index contributed by atoms with van der Waals surface area (Å²) in [5.41, 5.74) is 0.794. The van der Waals surface area contributed by atoms with E-state index in [-0.39, 0.29) is 23.9 Å². The maximum Gasteiger partial charge on any atom is 0.244 e. The molecule has 0 radical (unpaired) electrons. The number of ketones is 1. The fourth-order valence-corrected chi connectivity index (χ4v) is 4.44. The van der Waals surface area contributed by atoms with Gasteiger partial charge < -0.3 is 10.2 Å². The number of anilines is 1. The van der Waals surface area contributed by atoms with E-state index in [1.807, 2.05) is 45.0 Å². The van der Waals surface area contributed by atoms with Crippen molar-refractivity contribution in [2.45, 2.75) is 52.7 Å². The molecule has 2 rings (SSSR count). The molecule has 0 aliphatic carbocycles. The second-order valence-electron chi connectivity index (χ2n) is 9.44. The maximum absolute atomic E-state index is 13.5. The van der Waals surface area contributed by atoms with E-state index in [9.17, 15) is 22.8 Å². The first-order chi connectivity index (χ1) is 16.1. The van der Waals surface area contributed by atoms with Gasteiger partial charge in [0.25, 0.3) is 0 Å². The van der Waals surface area contributed by atoms with Crippen LogP contribution >= 0.6 is 15.9 Å². The van der Waals surface area contributed by atoms with E-state index in [1.54, 1.807) is 19.1 Å². The van der Waals surface area contributed by atoms with Crippen LogP contribution in [0.4, 0.5) is 5.69 Å². The van der Waals surface area contributed by atoms with Crippen molar-refractivity contribution < 1.29 is 22.8 Å². The number of carbonyl (C=O) groups is 3. The Morgan fingerprint density at radius 2 is 1.66 bits per heavy atom. The predicted octanol–water partition coefficient (Wildman–Crippen LogP) is 3.75. The Hall–Kier alpha value is -2.72. The second kappa shape index (κ2) is 11.3. The van der Waals surface area contributed by atoms with Gasteiger partial charge in [0, 0.05) is 22.1 Å². The quantitative estimate of drug-likeness (QED) is 0.466. The molecule has 0 aromatic heterocycles. The zero-order valence-corrected chi connectivity index (χ0v) is 23.2. The highest BCUT2D eigenvalue weighted by molar-refractivity contribution is 9.10. The van der Waals surface area contributed by atoms with Crippen molar-refractivity contribution in [3.8, 4) is 0 Å². The van der Waals surface area contributed by atoms with E-state index in [1.165, 1.54) is 24.0 Å². The van der Waals surface area contributed by atoms with Gasteiger partial charge in [-0.05, 0) is 64.4 Å². The van der Waals surface area contributed by atoms with Crippen LogP contribution in [0.15, 0.2) is 53.0 Å². The molecule has 2 aromatic rings. The first-order valence-corrected chi connectivity index (χ1v) is 13.7. The second-order valence-corrected chi connectivity index (χ2v) is 12.3. The van der Waals surface area contributed by atoms with Crippen LogP contribution in [0.25, 0.3) is 0 Å². The van der Waals surface area contributed by atoms with E-state index in [0.717, 1.165) is 20.6 Å². The van der Waals surface area contributed by atoms with Gasteiger partial charge in [-0.3, -0.25) is 18.7 Å². The smallest absolute Gasteiger partial charge is 0.244 e. The highest BCUT2D eigenvalue weighted by Crippen LogP contribution is 2.21. The van der Waals surface area contributed by atoms with Crippen molar-refractivity contribution in [3.63, 3.8) is 0 Å². The first kappa shape index (κ1) is 28.5. The van der Waals surface area contributed by atoms with Gasteiger partial charge in [-0.15, -0.1) is 0 Å². The normalized spacial score (nSPS) is 12.5. The fourth-order valence-electron chi connectivity index (χ4n) is 3.34. The molecule has 0 aliphatic rings. The Balaban J connectivity index is 2.43. The first-order valence-electron chi connectivity index (χ1n) is 11.0. The summed E-state index contributed by atoms with van der Waals surface area (Å²) in [6, 6.07) is 12.5. The molecule has 0 aliphatic heterocycles. The lowest BCUT2D eigenvalue weighted by molar-refractivity contribution is -0.140. The van der Waals surface area contributed by atoms with E-state index in [0.29, 0.717) is 5.56 Å². The number of benzene rings is 2. The van der Waals surface area contributed by atoms with Crippen molar-refractivity contribution in [2.75, 3.05) is 17.1 Å². The number of hydrogen-bond acceptors (Lipinski definition) is 5. The van der Waals surface area contributed by atoms with Crippen molar-refractivity contribution in [3.05, 3.63) is 64.1 Å². The number of Topliss-reactive ketones (excluding diaryl/α,β-unsaturated/α-hetero) is 1. The minimum atomic E-state index is -3.87. The van der Waals surface area contributed by atoms with Crippen LogP contribution in [0, 0.1) is 0 Å². The Morgan fingerprint density at radius 1 is 1.06 bits per heavy atom. The average molecular weight is 567 g/mol. The summed E-state index contributed by atoms with van der Waals surface area (Å²) < 4.78 is 27.1. The SMILES string of the molecule is CC(=O)c1cccc(N(CC(=O)N(Cc2ccc(Br)cc2)[C@H](C)C(=O)NC(C)(C)C)S(C)(=O)=O)c1. The molecule has 0 unspecified atom stereocenters. The third kappa shape index (κ3) is 8.47. The van der Waals surface area contributed by atoms with Gasteiger partial charge in [-0.2, -0.15) is 0 Å². The van der Waals surface area contributed by atoms with Gasteiger partial charge in [0.15, 0.2) is 5.78 Å². The molecule has 0 heterocycles. The van der Waals surface area contributed by atoms with Crippen LogP contribution in [0.2, 0.25) is 0 Å². The highest BCUT2D eigenvalue weighted by Gasteiger charge is 2.31. The van der Waals surface area contributed by atoms with Crippen molar-refractivity contribution >= 4 is 49.2 Å². The standard InChI is InChI=1S/C25H32BrN3O5S/c1-17(24(32)27-25(3,4)5)28(15-19-10-12-21(26)13-11-19)23(31)16-29(35(6,33)34)22-9-7-8-20(14-22)18(2)30/h7-14,17H,15-16H2,1-6H3,(H,27,32)/t17-/m1/s1. The third-order valence-corrected chi connectivity index (χ3v) is 6.82. The number of nitrogens with zero attached hydrogens (tertiary/aromatic N) is 2. The molecule has 1 atom stereocenters. The Morgan fingerprint density at radius 3 is 2.17 bits per heavy atom. The minimum absolute atomic E-state index is 0.107. The predicted molar refractivity (Wildman–Crippen MR) is 141 cm³/mol. The van der Waals surface area contributed by atoms with Crippen LogP contribution in [-0.2, 0) is 26.2 Å². The van der Waals surface area contributed by atoms with Crippen molar-refractivity contribution in [2.24, 2.45) is 0 Å². The summed E-state index contributed by atoms with van der Waals surface area (Å²) in [4.78, 5) is 39.7. The summed E-state index contributed by atoms with van der Waals surface area (Å²) in [5.74, 6) is -1.13. The average Bonchev–Trinajstić information content (AvgIpc) is 2.74. The maximum atomic E-state index is 13.5. The molecular weight excluding hydrogens is 534 g/mol. The molecule has 2 amide bonds. The molecule has 1 N–H and O–H groups in total. The Bertz CT molecular complexity index is 1190. The Kier molecular flexibility index (Phi) is 9.24. The van der Waals surface area contributed by atoms with Crippen LogP contribution < -0.4 is 9.62 Å². The molecular formula is C25H32BrN3O5S. The lowest BCUT2D eigenvalue weighted by Crippen LogP contribution is -2.54. The van der Waals surface area contributed by atoms with Crippen LogP contribution in [0.5, 0.6) is 0 Å². The summed E-state index contributed by atoms with van der Waals surface area (Å²) in [6.07, 6.45) is 0.996. The lowest BCUT2D eigenvalue weighted by atomic mass is 10.1.